The minimum Gasteiger partial charge on any atom is -0.390 e. The van der Waals surface area contributed by atoms with E-state index in [1.165, 1.54) is 12.1 Å². The van der Waals surface area contributed by atoms with Gasteiger partial charge in [0.2, 0.25) is 0 Å². The number of hydrogen-bond acceptors (Lipinski definition) is 3. The van der Waals surface area contributed by atoms with Crippen molar-refractivity contribution >= 4 is 0 Å². The minimum atomic E-state index is -4.33. The number of likely N-dealkylation sites (N-methyl/N-ethyl adjacent to an activating group) is 1. The molecule has 20 heavy (non-hydrogen) atoms. The van der Waals surface area contributed by atoms with Crippen LogP contribution in [0.1, 0.15) is 11.1 Å². The molecule has 0 aliphatic carbocycles. The lowest BCUT2D eigenvalue weighted by Gasteiger charge is -2.33. The fourth-order valence-electron chi connectivity index (χ4n) is 2.25. The average molecular weight is 289 g/mol. The van der Waals surface area contributed by atoms with Crippen LogP contribution in [0.25, 0.3) is 0 Å². The van der Waals surface area contributed by atoms with E-state index in [9.17, 15) is 18.3 Å². The van der Waals surface area contributed by atoms with Gasteiger partial charge in [0.25, 0.3) is 0 Å². The van der Waals surface area contributed by atoms with Crippen LogP contribution in [-0.2, 0) is 17.3 Å². The zero-order valence-electron chi connectivity index (χ0n) is 11.2. The Morgan fingerprint density at radius 2 is 2.00 bits per heavy atom. The van der Waals surface area contributed by atoms with Crippen molar-refractivity contribution in [1.29, 1.82) is 0 Å². The summed E-state index contributed by atoms with van der Waals surface area (Å²) in [6, 6.07) is 4.88. The van der Waals surface area contributed by atoms with E-state index in [1.807, 2.05) is 7.05 Å². The van der Waals surface area contributed by atoms with Gasteiger partial charge in [-0.2, -0.15) is 13.2 Å². The van der Waals surface area contributed by atoms with E-state index >= 15 is 0 Å². The Morgan fingerprint density at radius 1 is 1.35 bits per heavy atom. The molecule has 3 nitrogen and oxygen atoms in total. The van der Waals surface area contributed by atoms with Crippen molar-refractivity contribution in [3.05, 3.63) is 35.4 Å². The monoisotopic (exact) mass is 289 g/mol. The second kappa shape index (κ2) is 6.11. The van der Waals surface area contributed by atoms with Gasteiger partial charge in [-0.05, 0) is 24.7 Å². The normalized spacial score (nSPS) is 22.8. The molecule has 1 heterocycles. The van der Waals surface area contributed by atoms with Crippen LogP contribution in [-0.4, -0.2) is 49.0 Å². The molecule has 0 saturated carbocycles. The molecule has 0 spiro atoms. The first-order valence-electron chi connectivity index (χ1n) is 6.50. The van der Waals surface area contributed by atoms with Crippen molar-refractivity contribution < 1.29 is 23.0 Å². The molecule has 2 atom stereocenters. The number of halogens is 3. The lowest BCUT2D eigenvalue weighted by molar-refractivity contribution is -0.137. The maximum atomic E-state index is 12.4. The molecule has 1 aromatic rings. The lowest BCUT2D eigenvalue weighted by atomic mass is 10.0. The van der Waals surface area contributed by atoms with Crippen molar-refractivity contribution in [2.75, 3.05) is 26.7 Å². The number of morpholine rings is 1. The number of aliphatic hydroxyl groups is 1. The van der Waals surface area contributed by atoms with Crippen molar-refractivity contribution in [3.63, 3.8) is 0 Å². The van der Waals surface area contributed by atoms with Gasteiger partial charge in [-0.25, -0.2) is 0 Å². The van der Waals surface area contributed by atoms with Gasteiger partial charge >= 0.3 is 6.18 Å². The number of hydrogen-bond donors (Lipinski definition) is 1. The van der Waals surface area contributed by atoms with Crippen LogP contribution in [0.4, 0.5) is 13.2 Å². The summed E-state index contributed by atoms with van der Waals surface area (Å²) >= 11 is 0. The number of ether oxygens (including phenoxy) is 1. The maximum absolute atomic E-state index is 12.4. The molecule has 2 unspecified atom stereocenters. The summed E-state index contributed by atoms with van der Waals surface area (Å²) in [7, 11) is 1.94. The first-order valence-corrected chi connectivity index (χ1v) is 6.50. The SMILES string of the molecule is CN1CCOC(C(O)Cc2ccc(C(F)(F)F)cc2)C1. The van der Waals surface area contributed by atoms with Crippen molar-refractivity contribution in [2.45, 2.75) is 24.8 Å². The average Bonchev–Trinajstić information content (AvgIpc) is 2.38. The summed E-state index contributed by atoms with van der Waals surface area (Å²) in [5.74, 6) is 0. The molecule has 1 aliphatic rings. The number of rotatable bonds is 3. The van der Waals surface area contributed by atoms with E-state index < -0.39 is 17.8 Å². The van der Waals surface area contributed by atoms with Crippen molar-refractivity contribution in [2.24, 2.45) is 0 Å². The summed E-state index contributed by atoms with van der Waals surface area (Å²) < 4.78 is 42.8. The molecule has 0 amide bonds. The van der Waals surface area contributed by atoms with Crippen LogP contribution >= 0.6 is 0 Å². The second-order valence-electron chi connectivity index (χ2n) is 5.14. The Hall–Kier alpha value is -1.11. The Balaban J connectivity index is 1.95. The Kier molecular flexibility index (Phi) is 4.67. The Labute approximate surface area is 116 Å². The van der Waals surface area contributed by atoms with Gasteiger partial charge in [-0.1, -0.05) is 12.1 Å². The predicted molar refractivity (Wildman–Crippen MR) is 68.4 cm³/mol. The largest absolute Gasteiger partial charge is 0.416 e. The first kappa shape index (κ1) is 15.3. The van der Waals surface area contributed by atoms with Gasteiger partial charge in [0.1, 0.15) is 0 Å². The molecule has 2 rings (SSSR count). The molecule has 6 heteroatoms. The van der Waals surface area contributed by atoms with Gasteiger partial charge < -0.3 is 14.7 Å². The molecular weight excluding hydrogens is 271 g/mol. The smallest absolute Gasteiger partial charge is 0.390 e. The fraction of sp³-hybridized carbons (Fsp3) is 0.571. The molecule has 112 valence electrons. The third-order valence-electron chi connectivity index (χ3n) is 3.45. The zero-order valence-corrected chi connectivity index (χ0v) is 11.2. The van der Waals surface area contributed by atoms with Gasteiger partial charge in [0, 0.05) is 19.5 Å². The quantitative estimate of drug-likeness (QED) is 0.923. The van der Waals surface area contributed by atoms with Crippen LogP contribution in [0.15, 0.2) is 24.3 Å². The second-order valence-corrected chi connectivity index (χ2v) is 5.14. The molecule has 1 N–H and O–H groups in total. The third kappa shape index (κ3) is 3.94. The number of nitrogens with zero attached hydrogens (tertiary/aromatic N) is 1. The predicted octanol–water partition coefficient (Wildman–Crippen LogP) is 1.94. The zero-order chi connectivity index (χ0) is 14.8. The minimum absolute atomic E-state index is 0.288. The summed E-state index contributed by atoms with van der Waals surface area (Å²) in [6.07, 6.45) is -5.05. The topological polar surface area (TPSA) is 32.7 Å². The molecule has 1 aliphatic heterocycles. The highest BCUT2D eigenvalue weighted by molar-refractivity contribution is 5.25. The number of alkyl halides is 3. The molecule has 1 saturated heterocycles. The number of benzene rings is 1. The van der Waals surface area contributed by atoms with Crippen LogP contribution in [0.2, 0.25) is 0 Å². The Bertz CT molecular complexity index is 433. The molecule has 0 radical (unpaired) electrons. The standard InChI is InChI=1S/C14H18F3NO2/c1-18-6-7-20-13(9-18)12(19)8-10-2-4-11(5-3-10)14(15,16)17/h2-5,12-13,19H,6-9H2,1H3. The van der Waals surface area contributed by atoms with Gasteiger partial charge in [0.15, 0.2) is 0 Å². The molecule has 0 aromatic heterocycles. The van der Waals surface area contributed by atoms with Crippen molar-refractivity contribution in [1.82, 2.24) is 4.90 Å². The van der Waals surface area contributed by atoms with E-state index in [4.69, 9.17) is 4.74 Å². The maximum Gasteiger partial charge on any atom is 0.416 e. The van der Waals surface area contributed by atoms with E-state index in [-0.39, 0.29) is 12.5 Å². The highest BCUT2D eigenvalue weighted by Crippen LogP contribution is 2.29. The van der Waals surface area contributed by atoms with E-state index in [2.05, 4.69) is 4.90 Å². The van der Waals surface area contributed by atoms with Gasteiger partial charge in [-0.15, -0.1) is 0 Å². The molecular formula is C14H18F3NO2. The molecule has 1 fully saturated rings. The van der Waals surface area contributed by atoms with E-state index in [0.717, 1.165) is 18.7 Å². The van der Waals surface area contributed by atoms with Crippen LogP contribution in [0.3, 0.4) is 0 Å². The Morgan fingerprint density at radius 3 is 2.55 bits per heavy atom. The van der Waals surface area contributed by atoms with Crippen LogP contribution < -0.4 is 0 Å². The van der Waals surface area contributed by atoms with Gasteiger partial charge in [-0.3, -0.25) is 0 Å². The van der Waals surface area contributed by atoms with Crippen LogP contribution in [0, 0.1) is 0 Å². The highest BCUT2D eigenvalue weighted by atomic mass is 19.4. The summed E-state index contributed by atoms with van der Waals surface area (Å²) in [4.78, 5) is 2.06. The summed E-state index contributed by atoms with van der Waals surface area (Å²) in [6.45, 7) is 2.01. The molecule has 0 bridgehead atoms. The molecule has 1 aromatic carbocycles. The van der Waals surface area contributed by atoms with E-state index in [0.29, 0.717) is 18.7 Å². The fourth-order valence-corrected chi connectivity index (χ4v) is 2.25. The van der Waals surface area contributed by atoms with E-state index in [1.54, 1.807) is 0 Å². The van der Waals surface area contributed by atoms with Crippen molar-refractivity contribution in [3.8, 4) is 0 Å². The van der Waals surface area contributed by atoms with Crippen LogP contribution in [0.5, 0.6) is 0 Å². The third-order valence-corrected chi connectivity index (χ3v) is 3.45. The number of aliphatic hydroxyl groups excluding tert-OH is 1. The summed E-state index contributed by atoms with van der Waals surface area (Å²) in [5.41, 5.74) is -0.00767. The van der Waals surface area contributed by atoms with Gasteiger partial charge in [0.05, 0.1) is 24.4 Å². The lowest BCUT2D eigenvalue weighted by Crippen LogP contribution is -2.46. The first-order chi connectivity index (χ1) is 9.36. The summed E-state index contributed by atoms with van der Waals surface area (Å²) in [5, 5.41) is 10.1. The highest BCUT2D eigenvalue weighted by Gasteiger charge is 2.30.